The smallest absolute Gasteiger partial charge is 0.120 e. The normalized spacial score (nSPS) is 14.5. The van der Waals surface area contributed by atoms with Gasteiger partial charge in [0.2, 0.25) is 0 Å². The van der Waals surface area contributed by atoms with Crippen LogP contribution in [-0.4, -0.2) is 52.6 Å². The zero-order valence-electron chi connectivity index (χ0n) is 19.4. The fraction of sp³-hybridized carbons (Fsp3) is 0.333. The molecule has 0 atom stereocenters. The Morgan fingerprint density at radius 3 is 2.68 bits per heavy atom. The maximum absolute atomic E-state index is 6.36. The molecule has 1 saturated heterocycles. The van der Waals surface area contributed by atoms with E-state index in [-0.39, 0.29) is 0 Å². The number of morpholine rings is 1. The molecular formula is C27H31N5O2. The molecule has 0 spiro atoms. The van der Waals surface area contributed by atoms with E-state index in [0.29, 0.717) is 12.3 Å². The highest BCUT2D eigenvalue weighted by Crippen LogP contribution is 2.33. The molecule has 0 saturated carbocycles. The van der Waals surface area contributed by atoms with Crippen molar-refractivity contribution in [3.63, 3.8) is 0 Å². The second-order valence-electron chi connectivity index (χ2n) is 8.71. The predicted octanol–water partition coefficient (Wildman–Crippen LogP) is 4.21. The highest BCUT2D eigenvalue weighted by atomic mass is 16.5. The summed E-state index contributed by atoms with van der Waals surface area (Å²) in [6.45, 7) is 5.38. The topological polar surface area (TPSA) is 77.9 Å². The van der Waals surface area contributed by atoms with Gasteiger partial charge in [-0.25, -0.2) is 4.52 Å². The van der Waals surface area contributed by atoms with E-state index in [0.717, 1.165) is 85.8 Å². The summed E-state index contributed by atoms with van der Waals surface area (Å²) in [6, 6.07) is 20.6. The van der Waals surface area contributed by atoms with Gasteiger partial charge in [-0.1, -0.05) is 47.7 Å². The van der Waals surface area contributed by atoms with E-state index in [1.54, 1.807) is 6.20 Å². The number of rotatable bonds is 9. The van der Waals surface area contributed by atoms with Crippen LogP contribution in [0.2, 0.25) is 0 Å². The van der Waals surface area contributed by atoms with Crippen LogP contribution in [0.15, 0.2) is 66.9 Å². The molecule has 0 radical (unpaired) electrons. The van der Waals surface area contributed by atoms with Crippen LogP contribution in [0.1, 0.15) is 24.1 Å². The Morgan fingerprint density at radius 2 is 1.82 bits per heavy atom. The summed E-state index contributed by atoms with van der Waals surface area (Å²) in [5.74, 6) is 0.827. The Bertz CT molecular complexity index is 1220. The van der Waals surface area contributed by atoms with E-state index in [2.05, 4.69) is 45.5 Å². The summed E-state index contributed by atoms with van der Waals surface area (Å²) in [4.78, 5) is 2.48. The van der Waals surface area contributed by atoms with Gasteiger partial charge in [-0.05, 0) is 55.1 Å². The molecule has 1 aliphatic heterocycles. The van der Waals surface area contributed by atoms with E-state index in [9.17, 15) is 0 Å². The fourth-order valence-corrected chi connectivity index (χ4v) is 4.49. The Morgan fingerprint density at radius 1 is 0.971 bits per heavy atom. The minimum Gasteiger partial charge on any atom is -0.489 e. The average Bonchev–Trinajstić information content (AvgIpc) is 3.27. The van der Waals surface area contributed by atoms with Crippen LogP contribution < -0.4 is 10.5 Å². The van der Waals surface area contributed by atoms with Gasteiger partial charge in [-0.2, -0.15) is 0 Å². The number of nitrogen functional groups attached to an aromatic ring is 1. The van der Waals surface area contributed by atoms with Crippen molar-refractivity contribution in [2.75, 3.05) is 38.6 Å². The zero-order chi connectivity index (χ0) is 23.2. The van der Waals surface area contributed by atoms with E-state index in [1.165, 1.54) is 0 Å². The van der Waals surface area contributed by atoms with Gasteiger partial charge in [0.15, 0.2) is 0 Å². The molecule has 2 N–H and O–H groups in total. The predicted molar refractivity (Wildman–Crippen MR) is 134 cm³/mol. The second-order valence-corrected chi connectivity index (χ2v) is 8.71. The number of benzene rings is 2. The van der Waals surface area contributed by atoms with Crippen LogP contribution >= 0.6 is 0 Å². The lowest BCUT2D eigenvalue weighted by Crippen LogP contribution is -2.36. The molecule has 2 aromatic heterocycles. The summed E-state index contributed by atoms with van der Waals surface area (Å²) in [5.41, 5.74) is 12.3. The monoisotopic (exact) mass is 457 g/mol. The van der Waals surface area contributed by atoms with Gasteiger partial charge in [0.25, 0.3) is 0 Å². The molecule has 7 nitrogen and oxygen atoms in total. The first kappa shape index (κ1) is 22.4. The molecule has 1 fully saturated rings. The number of hydrogen-bond donors (Lipinski definition) is 1. The molecule has 3 heterocycles. The number of unbranched alkanes of at least 4 members (excludes halogenated alkanes) is 1. The maximum Gasteiger partial charge on any atom is 0.120 e. The lowest BCUT2D eigenvalue weighted by molar-refractivity contribution is 0.0372. The van der Waals surface area contributed by atoms with Crippen molar-refractivity contribution in [1.29, 1.82) is 0 Å². The number of nitrogens with two attached hydrogens (primary N) is 1. The zero-order valence-corrected chi connectivity index (χ0v) is 19.4. The van der Waals surface area contributed by atoms with Gasteiger partial charge in [-0.15, -0.1) is 5.10 Å². The summed E-state index contributed by atoms with van der Waals surface area (Å²) < 4.78 is 13.4. The molecular weight excluding hydrogens is 426 g/mol. The third kappa shape index (κ3) is 5.21. The van der Waals surface area contributed by atoms with E-state index < -0.39 is 0 Å². The number of aromatic nitrogens is 3. The number of nitrogens with zero attached hydrogens (tertiary/aromatic N) is 4. The quantitative estimate of drug-likeness (QED) is 0.379. The molecule has 176 valence electrons. The van der Waals surface area contributed by atoms with E-state index in [1.807, 2.05) is 34.8 Å². The molecule has 0 amide bonds. The lowest BCUT2D eigenvalue weighted by Gasteiger charge is -2.26. The van der Waals surface area contributed by atoms with Crippen LogP contribution in [0.25, 0.3) is 16.6 Å². The molecule has 1 aliphatic rings. The van der Waals surface area contributed by atoms with Crippen LogP contribution in [0.5, 0.6) is 5.75 Å². The van der Waals surface area contributed by atoms with Gasteiger partial charge >= 0.3 is 0 Å². The molecule has 0 aliphatic carbocycles. The Hall–Kier alpha value is -3.42. The van der Waals surface area contributed by atoms with Gasteiger partial charge in [0.1, 0.15) is 12.4 Å². The standard InChI is InChI=1S/C27H31N5O2/c28-26-19-29-30-32-23(10-4-5-12-31-13-15-33-16-14-31)18-25(27(26)32)22-9-6-11-24(17-22)34-20-21-7-2-1-3-8-21/h1-3,6-9,11,17-19H,4-5,10,12-16,20,28H2. The summed E-state index contributed by atoms with van der Waals surface area (Å²) in [7, 11) is 0. The fourth-order valence-electron chi connectivity index (χ4n) is 4.49. The third-order valence-electron chi connectivity index (χ3n) is 6.32. The number of ether oxygens (including phenoxy) is 2. The van der Waals surface area contributed by atoms with Crippen molar-refractivity contribution in [2.24, 2.45) is 0 Å². The molecule has 0 bridgehead atoms. The van der Waals surface area contributed by atoms with Gasteiger partial charge in [0.05, 0.1) is 30.6 Å². The number of anilines is 1. The van der Waals surface area contributed by atoms with Crippen LogP contribution in [0, 0.1) is 0 Å². The van der Waals surface area contributed by atoms with E-state index in [4.69, 9.17) is 15.2 Å². The molecule has 2 aromatic carbocycles. The minimum absolute atomic E-state index is 0.531. The van der Waals surface area contributed by atoms with Crippen molar-refractivity contribution >= 4 is 11.2 Å². The van der Waals surface area contributed by atoms with Gasteiger partial charge in [0, 0.05) is 24.3 Å². The van der Waals surface area contributed by atoms with Crippen molar-refractivity contribution in [1.82, 2.24) is 19.7 Å². The van der Waals surface area contributed by atoms with Crippen LogP contribution in [-0.2, 0) is 17.8 Å². The molecule has 4 aromatic rings. The van der Waals surface area contributed by atoms with Crippen molar-refractivity contribution in [3.8, 4) is 16.9 Å². The number of hydrogen-bond acceptors (Lipinski definition) is 6. The minimum atomic E-state index is 0.531. The summed E-state index contributed by atoms with van der Waals surface area (Å²) in [5, 5.41) is 8.49. The van der Waals surface area contributed by atoms with Crippen molar-refractivity contribution in [2.45, 2.75) is 25.9 Å². The largest absolute Gasteiger partial charge is 0.489 e. The average molecular weight is 458 g/mol. The highest BCUT2D eigenvalue weighted by molar-refractivity contribution is 5.89. The first-order valence-electron chi connectivity index (χ1n) is 12.0. The number of aryl methyl sites for hydroxylation is 1. The molecule has 5 rings (SSSR count). The van der Waals surface area contributed by atoms with Crippen molar-refractivity contribution in [3.05, 3.63) is 78.1 Å². The Labute approximate surface area is 200 Å². The number of fused-ring (bicyclic) bond motifs is 1. The van der Waals surface area contributed by atoms with Gasteiger partial charge in [-0.3, -0.25) is 4.90 Å². The van der Waals surface area contributed by atoms with Crippen LogP contribution in [0.3, 0.4) is 0 Å². The summed E-state index contributed by atoms with van der Waals surface area (Å²) in [6.07, 6.45) is 4.77. The van der Waals surface area contributed by atoms with Gasteiger partial charge < -0.3 is 15.2 Å². The second kappa shape index (κ2) is 10.7. The molecule has 34 heavy (non-hydrogen) atoms. The Balaban J connectivity index is 1.33. The Kier molecular flexibility index (Phi) is 7.02. The maximum atomic E-state index is 6.36. The first-order valence-corrected chi connectivity index (χ1v) is 12.0. The van der Waals surface area contributed by atoms with E-state index >= 15 is 0 Å². The molecule has 7 heteroatoms. The first-order chi connectivity index (χ1) is 16.8. The van der Waals surface area contributed by atoms with Crippen LogP contribution in [0.4, 0.5) is 5.69 Å². The van der Waals surface area contributed by atoms with Crippen molar-refractivity contribution < 1.29 is 9.47 Å². The highest BCUT2D eigenvalue weighted by Gasteiger charge is 2.16. The summed E-state index contributed by atoms with van der Waals surface area (Å²) >= 11 is 0. The third-order valence-corrected chi connectivity index (χ3v) is 6.32. The SMILES string of the molecule is Nc1cnnn2c(CCCCN3CCOCC3)cc(-c3cccc(OCc4ccccc4)c3)c12. The lowest BCUT2D eigenvalue weighted by atomic mass is 10.1. The molecule has 0 unspecified atom stereocenters.